The molecular formula is C16H26N4O4S2. The molecular weight excluding hydrogens is 376 g/mol. The van der Waals surface area contributed by atoms with Crippen LogP contribution in [0.2, 0.25) is 0 Å². The highest BCUT2D eigenvalue weighted by atomic mass is 32.2. The lowest BCUT2D eigenvalue weighted by Crippen LogP contribution is -2.44. The average molecular weight is 403 g/mol. The second-order valence-electron chi connectivity index (χ2n) is 5.41. The first kappa shape index (κ1) is 22.3. The number of benzene rings is 1. The van der Waals surface area contributed by atoms with Crippen molar-refractivity contribution in [2.75, 3.05) is 34.9 Å². The van der Waals surface area contributed by atoms with E-state index in [4.69, 9.17) is 0 Å². The molecule has 1 unspecified atom stereocenters. The van der Waals surface area contributed by atoms with Gasteiger partial charge in [0.25, 0.3) is 0 Å². The van der Waals surface area contributed by atoms with Gasteiger partial charge in [0.1, 0.15) is 6.04 Å². The molecule has 1 aromatic rings. The molecule has 0 aliphatic heterocycles. The highest BCUT2D eigenvalue weighted by Crippen LogP contribution is 2.16. The van der Waals surface area contributed by atoms with E-state index >= 15 is 0 Å². The molecule has 0 saturated carbocycles. The van der Waals surface area contributed by atoms with Gasteiger partial charge in [-0.05, 0) is 50.5 Å². The van der Waals surface area contributed by atoms with Crippen LogP contribution in [0.25, 0.3) is 0 Å². The number of nitrogens with one attached hydrogen (secondary N) is 4. The Bertz CT molecular complexity index is 710. The van der Waals surface area contributed by atoms with Gasteiger partial charge in [0.15, 0.2) is 0 Å². The molecule has 3 amide bonds. The second-order valence-corrected chi connectivity index (χ2v) is 8.44. The number of urea groups is 1. The van der Waals surface area contributed by atoms with Gasteiger partial charge in [-0.3, -0.25) is 4.79 Å². The van der Waals surface area contributed by atoms with Crippen molar-refractivity contribution in [3.05, 3.63) is 24.3 Å². The quantitative estimate of drug-likeness (QED) is 0.476. The van der Waals surface area contributed by atoms with E-state index in [0.717, 1.165) is 0 Å². The third-order valence-electron chi connectivity index (χ3n) is 3.35. The van der Waals surface area contributed by atoms with E-state index in [0.29, 0.717) is 30.1 Å². The maximum absolute atomic E-state index is 12.5. The van der Waals surface area contributed by atoms with Crippen LogP contribution in [-0.4, -0.2) is 50.7 Å². The van der Waals surface area contributed by atoms with Crippen LogP contribution in [-0.2, 0) is 14.8 Å². The van der Waals surface area contributed by atoms with Gasteiger partial charge in [0.2, 0.25) is 15.9 Å². The Hall–Kier alpha value is -1.78. The molecule has 1 atom stereocenters. The Morgan fingerprint density at radius 1 is 1.15 bits per heavy atom. The third kappa shape index (κ3) is 8.07. The summed E-state index contributed by atoms with van der Waals surface area (Å²) in [6.07, 6.45) is 2.27. The number of anilines is 2. The fourth-order valence-electron chi connectivity index (χ4n) is 2.02. The number of hydrogen-bond donors (Lipinski definition) is 4. The minimum atomic E-state index is -3.50. The van der Waals surface area contributed by atoms with Crippen molar-refractivity contribution < 1.29 is 18.0 Å². The topological polar surface area (TPSA) is 116 Å². The summed E-state index contributed by atoms with van der Waals surface area (Å²) in [5.74, 6) is 0.108. The van der Waals surface area contributed by atoms with E-state index < -0.39 is 22.0 Å². The molecule has 0 aliphatic carbocycles. The fourth-order valence-corrected chi connectivity index (χ4v) is 3.32. The molecule has 0 aromatic heterocycles. The third-order valence-corrected chi connectivity index (χ3v) is 5.40. The van der Waals surface area contributed by atoms with Gasteiger partial charge in [0, 0.05) is 17.9 Å². The number of thioether (sulfide) groups is 1. The Balaban J connectivity index is 2.82. The van der Waals surface area contributed by atoms with Crippen molar-refractivity contribution >= 4 is 45.1 Å². The van der Waals surface area contributed by atoms with Gasteiger partial charge < -0.3 is 16.0 Å². The summed E-state index contributed by atoms with van der Waals surface area (Å²) >= 11 is 1.53. The normalized spacial score (nSPS) is 12.3. The van der Waals surface area contributed by atoms with E-state index in [1.165, 1.54) is 18.7 Å². The van der Waals surface area contributed by atoms with Crippen molar-refractivity contribution in [1.29, 1.82) is 0 Å². The lowest BCUT2D eigenvalue weighted by Gasteiger charge is -2.18. The maximum Gasteiger partial charge on any atom is 0.319 e. The molecule has 0 aliphatic rings. The van der Waals surface area contributed by atoms with E-state index in [-0.39, 0.29) is 11.8 Å². The first-order valence-corrected chi connectivity index (χ1v) is 11.3. The maximum atomic E-state index is 12.5. The van der Waals surface area contributed by atoms with Crippen molar-refractivity contribution in [2.45, 2.75) is 26.3 Å². The smallest absolute Gasteiger partial charge is 0.319 e. The standard InChI is InChI=1S/C16H26N4O4S2/c1-4-17-16(22)19-13-8-6-7-12(11-13)18-15(21)14(9-10-25-3)20-26(23,24)5-2/h6-8,11,14,20H,4-5,9-10H2,1-3H3,(H,18,21)(H2,17,19,22). The highest BCUT2D eigenvalue weighted by Gasteiger charge is 2.23. The van der Waals surface area contributed by atoms with Crippen LogP contribution in [0.3, 0.4) is 0 Å². The van der Waals surface area contributed by atoms with Gasteiger partial charge in [-0.2, -0.15) is 11.8 Å². The Morgan fingerprint density at radius 3 is 2.38 bits per heavy atom. The highest BCUT2D eigenvalue weighted by molar-refractivity contribution is 7.98. The Kier molecular flexibility index (Phi) is 9.46. The molecule has 1 aromatic carbocycles. The van der Waals surface area contributed by atoms with Gasteiger partial charge >= 0.3 is 6.03 Å². The minimum absolute atomic E-state index is 0.0952. The molecule has 8 nitrogen and oxygen atoms in total. The molecule has 1 rings (SSSR count). The van der Waals surface area contributed by atoms with Crippen LogP contribution in [0, 0.1) is 0 Å². The van der Waals surface area contributed by atoms with Crippen LogP contribution in [0.1, 0.15) is 20.3 Å². The largest absolute Gasteiger partial charge is 0.338 e. The molecule has 146 valence electrons. The number of sulfonamides is 1. The zero-order chi connectivity index (χ0) is 19.6. The SMILES string of the molecule is CCNC(=O)Nc1cccc(NC(=O)C(CCSC)NS(=O)(=O)CC)c1. The number of rotatable bonds is 10. The Morgan fingerprint density at radius 2 is 1.81 bits per heavy atom. The zero-order valence-corrected chi connectivity index (χ0v) is 16.8. The van der Waals surface area contributed by atoms with Crippen LogP contribution in [0.15, 0.2) is 24.3 Å². The summed E-state index contributed by atoms with van der Waals surface area (Å²) in [5, 5.41) is 7.96. The summed E-state index contributed by atoms with van der Waals surface area (Å²) in [5.41, 5.74) is 0.984. The zero-order valence-electron chi connectivity index (χ0n) is 15.2. The number of amides is 3. The predicted molar refractivity (Wildman–Crippen MR) is 107 cm³/mol. The molecule has 0 spiro atoms. The van der Waals surface area contributed by atoms with E-state index in [9.17, 15) is 18.0 Å². The minimum Gasteiger partial charge on any atom is -0.338 e. The summed E-state index contributed by atoms with van der Waals surface area (Å²) < 4.78 is 26.1. The number of carbonyl (C=O) groups excluding carboxylic acids is 2. The molecule has 10 heteroatoms. The summed E-state index contributed by atoms with van der Waals surface area (Å²) in [6, 6.07) is 5.45. The van der Waals surface area contributed by atoms with Crippen LogP contribution in [0.5, 0.6) is 0 Å². The molecule has 0 fully saturated rings. The summed E-state index contributed by atoms with van der Waals surface area (Å²) in [7, 11) is -3.50. The van der Waals surface area contributed by atoms with E-state index in [1.807, 2.05) is 13.2 Å². The van der Waals surface area contributed by atoms with Crippen molar-refractivity contribution in [3.8, 4) is 0 Å². The first-order valence-electron chi connectivity index (χ1n) is 8.26. The van der Waals surface area contributed by atoms with Crippen molar-refractivity contribution in [1.82, 2.24) is 10.0 Å². The average Bonchev–Trinajstić information content (AvgIpc) is 2.59. The lowest BCUT2D eigenvalue weighted by atomic mass is 10.2. The monoisotopic (exact) mass is 402 g/mol. The molecule has 0 heterocycles. The fraction of sp³-hybridized carbons (Fsp3) is 0.500. The van der Waals surface area contributed by atoms with E-state index in [2.05, 4.69) is 20.7 Å². The molecule has 0 saturated heterocycles. The summed E-state index contributed by atoms with van der Waals surface area (Å²) in [4.78, 5) is 24.1. The summed E-state index contributed by atoms with van der Waals surface area (Å²) in [6.45, 7) is 3.82. The van der Waals surface area contributed by atoms with E-state index in [1.54, 1.807) is 24.3 Å². The lowest BCUT2D eigenvalue weighted by molar-refractivity contribution is -0.117. The van der Waals surface area contributed by atoms with Crippen LogP contribution < -0.4 is 20.7 Å². The Labute approximate surface area is 158 Å². The number of hydrogen-bond acceptors (Lipinski definition) is 5. The predicted octanol–water partition coefficient (Wildman–Crippen LogP) is 1.83. The van der Waals surface area contributed by atoms with Crippen LogP contribution >= 0.6 is 11.8 Å². The van der Waals surface area contributed by atoms with Crippen molar-refractivity contribution in [2.24, 2.45) is 0 Å². The molecule has 0 bridgehead atoms. The van der Waals surface area contributed by atoms with Gasteiger partial charge in [-0.25, -0.2) is 17.9 Å². The van der Waals surface area contributed by atoms with Crippen molar-refractivity contribution in [3.63, 3.8) is 0 Å². The van der Waals surface area contributed by atoms with Gasteiger partial charge in [-0.15, -0.1) is 0 Å². The van der Waals surface area contributed by atoms with Gasteiger partial charge in [0.05, 0.1) is 5.75 Å². The molecule has 0 radical (unpaired) electrons. The van der Waals surface area contributed by atoms with Crippen LogP contribution in [0.4, 0.5) is 16.2 Å². The van der Waals surface area contributed by atoms with Gasteiger partial charge in [-0.1, -0.05) is 6.07 Å². The second kappa shape index (κ2) is 11.0. The first-order chi connectivity index (χ1) is 12.3. The molecule has 4 N–H and O–H groups in total. The number of carbonyl (C=O) groups is 2. The molecule has 26 heavy (non-hydrogen) atoms.